The standard InChI is InChI=1S/C16H19F3O3/c1-4-21-15-9-11(8-14(22-15)16(17,18)19)13-6-5-12(20-3)7-10(13)2/h5-8,11,15H,4,9H2,1-3H3. The first-order chi connectivity index (χ1) is 10.3. The number of benzene rings is 1. The van der Waals surface area contributed by atoms with E-state index in [9.17, 15) is 13.2 Å². The summed E-state index contributed by atoms with van der Waals surface area (Å²) < 4.78 is 54.3. The van der Waals surface area contributed by atoms with Gasteiger partial charge >= 0.3 is 6.18 Å². The van der Waals surface area contributed by atoms with Crippen LogP contribution in [0, 0.1) is 6.92 Å². The molecular weight excluding hydrogens is 297 g/mol. The number of halogens is 3. The highest BCUT2D eigenvalue weighted by Gasteiger charge is 2.41. The summed E-state index contributed by atoms with van der Waals surface area (Å²) in [6.07, 6.45) is -3.93. The van der Waals surface area contributed by atoms with Crippen LogP contribution in [0.3, 0.4) is 0 Å². The lowest BCUT2D eigenvalue weighted by Gasteiger charge is -2.30. The molecule has 1 aliphatic heterocycles. The Hall–Kier alpha value is -1.69. The van der Waals surface area contributed by atoms with Gasteiger partial charge in [0.25, 0.3) is 0 Å². The molecule has 0 spiro atoms. The zero-order valence-electron chi connectivity index (χ0n) is 12.7. The fourth-order valence-corrected chi connectivity index (χ4v) is 2.54. The van der Waals surface area contributed by atoms with Crippen molar-refractivity contribution in [3.8, 4) is 5.75 Å². The third kappa shape index (κ3) is 3.74. The average molecular weight is 316 g/mol. The molecule has 22 heavy (non-hydrogen) atoms. The van der Waals surface area contributed by atoms with E-state index in [0.29, 0.717) is 18.8 Å². The third-order valence-electron chi connectivity index (χ3n) is 3.57. The number of allylic oxidation sites excluding steroid dienone is 2. The number of hydrogen-bond donors (Lipinski definition) is 0. The smallest absolute Gasteiger partial charge is 0.448 e. The first kappa shape index (κ1) is 16.7. The molecule has 6 heteroatoms. The lowest BCUT2D eigenvalue weighted by Crippen LogP contribution is -2.30. The summed E-state index contributed by atoms with van der Waals surface area (Å²) in [4.78, 5) is 0. The third-order valence-corrected chi connectivity index (χ3v) is 3.57. The van der Waals surface area contributed by atoms with Gasteiger partial charge < -0.3 is 14.2 Å². The Kier molecular flexibility index (Phi) is 5.01. The molecule has 0 saturated carbocycles. The Bertz CT molecular complexity index is 552. The molecule has 0 aromatic heterocycles. The molecule has 2 rings (SSSR count). The number of hydrogen-bond acceptors (Lipinski definition) is 3. The maximum Gasteiger partial charge on any atom is 0.448 e. The summed E-state index contributed by atoms with van der Waals surface area (Å²) >= 11 is 0. The van der Waals surface area contributed by atoms with Crippen molar-refractivity contribution in [3.63, 3.8) is 0 Å². The van der Waals surface area contributed by atoms with Crippen LogP contribution in [0.2, 0.25) is 0 Å². The summed E-state index contributed by atoms with van der Waals surface area (Å²) in [7, 11) is 1.55. The molecule has 1 aromatic rings. The molecule has 0 radical (unpaired) electrons. The molecule has 2 atom stereocenters. The SMILES string of the molecule is CCOC1CC(c2ccc(OC)cc2C)C=C(C(F)(F)F)O1. The van der Waals surface area contributed by atoms with Crippen LogP contribution in [0.5, 0.6) is 5.75 Å². The molecule has 1 aliphatic rings. The summed E-state index contributed by atoms with van der Waals surface area (Å²) in [5, 5.41) is 0. The molecule has 2 unspecified atom stereocenters. The van der Waals surface area contributed by atoms with Crippen LogP contribution in [0.4, 0.5) is 13.2 Å². The summed E-state index contributed by atoms with van der Waals surface area (Å²) in [6, 6.07) is 5.34. The van der Waals surface area contributed by atoms with Gasteiger partial charge in [0.15, 0.2) is 5.76 Å². The fourth-order valence-electron chi connectivity index (χ4n) is 2.54. The van der Waals surface area contributed by atoms with Crippen LogP contribution in [-0.2, 0) is 9.47 Å². The average Bonchev–Trinajstić information content (AvgIpc) is 2.46. The van der Waals surface area contributed by atoms with Crippen molar-refractivity contribution in [3.05, 3.63) is 41.2 Å². The molecule has 0 fully saturated rings. The van der Waals surface area contributed by atoms with E-state index >= 15 is 0 Å². The van der Waals surface area contributed by atoms with Gasteiger partial charge in [-0.05, 0) is 43.2 Å². The maximum atomic E-state index is 13.0. The van der Waals surface area contributed by atoms with Crippen molar-refractivity contribution in [1.82, 2.24) is 0 Å². The number of rotatable bonds is 4. The van der Waals surface area contributed by atoms with Crippen molar-refractivity contribution < 1.29 is 27.4 Å². The van der Waals surface area contributed by atoms with Crippen molar-refractivity contribution in [2.24, 2.45) is 0 Å². The molecule has 3 nitrogen and oxygen atoms in total. The number of alkyl halides is 3. The fraction of sp³-hybridized carbons (Fsp3) is 0.500. The van der Waals surface area contributed by atoms with Crippen molar-refractivity contribution >= 4 is 0 Å². The predicted molar refractivity (Wildman–Crippen MR) is 75.7 cm³/mol. The second kappa shape index (κ2) is 6.60. The topological polar surface area (TPSA) is 27.7 Å². The lowest BCUT2D eigenvalue weighted by molar-refractivity contribution is -0.194. The summed E-state index contributed by atoms with van der Waals surface area (Å²) in [5.41, 5.74) is 1.69. The normalized spacial score (nSPS) is 22.0. The minimum atomic E-state index is -4.52. The Morgan fingerprint density at radius 3 is 2.59 bits per heavy atom. The highest BCUT2D eigenvalue weighted by atomic mass is 19.4. The number of methoxy groups -OCH3 is 1. The molecule has 1 aromatic carbocycles. The molecule has 122 valence electrons. The summed E-state index contributed by atoms with van der Waals surface area (Å²) in [5.74, 6) is -0.722. The van der Waals surface area contributed by atoms with E-state index in [2.05, 4.69) is 0 Å². The number of aryl methyl sites for hydroxylation is 1. The largest absolute Gasteiger partial charge is 0.497 e. The second-order valence-electron chi connectivity index (χ2n) is 5.10. The van der Waals surface area contributed by atoms with Gasteiger partial charge in [0.2, 0.25) is 6.29 Å². The highest BCUT2D eigenvalue weighted by molar-refractivity contribution is 5.39. The Labute approximate surface area is 127 Å². The molecule has 0 N–H and O–H groups in total. The predicted octanol–water partition coefficient (Wildman–Crippen LogP) is 4.32. The first-order valence-electron chi connectivity index (χ1n) is 7.07. The molecular formula is C16H19F3O3. The Balaban J connectivity index is 2.35. The highest BCUT2D eigenvalue weighted by Crippen LogP contribution is 2.39. The van der Waals surface area contributed by atoms with Crippen molar-refractivity contribution in [2.45, 2.75) is 38.7 Å². The van der Waals surface area contributed by atoms with Crippen LogP contribution >= 0.6 is 0 Å². The van der Waals surface area contributed by atoms with Crippen LogP contribution in [0.15, 0.2) is 30.0 Å². The van der Waals surface area contributed by atoms with Gasteiger partial charge in [-0.3, -0.25) is 0 Å². The quantitative estimate of drug-likeness (QED) is 0.828. The van der Waals surface area contributed by atoms with Gasteiger partial charge in [0, 0.05) is 18.9 Å². The minimum Gasteiger partial charge on any atom is -0.497 e. The van der Waals surface area contributed by atoms with Gasteiger partial charge in [0.05, 0.1) is 7.11 Å². The van der Waals surface area contributed by atoms with Gasteiger partial charge in [-0.2, -0.15) is 13.2 Å². The van der Waals surface area contributed by atoms with E-state index in [0.717, 1.165) is 17.2 Å². The Morgan fingerprint density at radius 2 is 2.05 bits per heavy atom. The Morgan fingerprint density at radius 1 is 1.32 bits per heavy atom. The van der Waals surface area contributed by atoms with E-state index < -0.39 is 24.1 Å². The molecule has 1 heterocycles. The second-order valence-corrected chi connectivity index (χ2v) is 5.10. The van der Waals surface area contributed by atoms with Crippen molar-refractivity contribution in [1.29, 1.82) is 0 Å². The monoisotopic (exact) mass is 316 g/mol. The molecule has 0 saturated heterocycles. The first-order valence-corrected chi connectivity index (χ1v) is 7.07. The maximum absolute atomic E-state index is 13.0. The van der Waals surface area contributed by atoms with Gasteiger partial charge in [-0.1, -0.05) is 6.07 Å². The van der Waals surface area contributed by atoms with E-state index in [4.69, 9.17) is 14.2 Å². The lowest BCUT2D eigenvalue weighted by atomic mass is 9.89. The summed E-state index contributed by atoms with van der Waals surface area (Å²) in [6.45, 7) is 3.87. The molecule has 0 bridgehead atoms. The van der Waals surface area contributed by atoms with E-state index in [1.807, 2.05) is 13.0 Å². The van der Waals surface area contributed by atoms with Crippen LogP contribution < -0.4 is 4.74 Å². The zero-order chi connectivity index (χ0) is 16.3. The van der Waals surface area contributed by atoms with Crippen LogP contribution in [0.1, 0.15) is 30.4 Å². The van der Waals surface area contributed by atoms with Gasteiger partial charge in [0.1, 0.15) is 5.75 Å². The molecule has 0 amide bonds. The van der Waals surface area contributed by atoms with E-state index in [1.165, 1.54) is 0 Å². The van der Waals surface area contributed by atoms with Crippen LogP contribution in [0.25, 0.3) is 0 Å². The van der Waals surface area contributed by atoms with E-state index in [1.54, 1.807) is 26.2 Å². The minimum absolute atomic E-state index is 0.296. The van der Waals surface area contributed by atoms with Gasteiger partial charge in [-0.25, -0.2) is 0 Å². The van der Waals surface area contributed by atoms with E-state index in [-0.39, 0.29) is 0 Å². The van der Waals surface area contributed by atoms with Crippen molar-refractivity contribution in [2.75, 3.05) is 13.7 Å². The number of ether oxygens (including phenoxy) is 3. The van der Waals surface area contributed by atoms with Crippen LogP contribution in [-0.4, -0.2) is 26.2 Å². The van der Waals surface area contributed by atoms with Gasteiger partial charge in [-0.15, -0.1) is 0 Å². The zero-order valence-corrected chi connectivity index (χ0v) is 12.7. The molecule has 0 aliphatic carbocycles.